The lowest BCUT2D eigenvalue weighted by Gasteiger charge is -2.37. The van der Waals surface area contributed by atoms with E-state index < -0.39 is 5.54 Å². The third kappa shape index (κ3) is 5.24. The second kappa shape index (κ2) is 12.6. The van der Waals surface area contributed by atoms with Crippen LogP contribution >= 0.6 is 0 Å². The highest BCUT2D eigenvalue weighted by atomic mass is 16.2. The Morgan fingerprint density at radius 3 is 1.88 bits per heavy atom. The normalized spacial score (nSPS) is 13.1. The molecule has 1 N–H and O–H groups in total. The standard InChI is InChI=1S/C43H35N5O2/c1-29(30-15-7-3-8-16-30)44-42(50)38-25-32-26-39-36(27-37(32)45-38)41(31-23-24-40(49)47(2)28-31)46-48(39)43(33-17-9-4-10-18-33,34-19-11-5-12-20-34)35-21-13-6-14-22-35/h3-24,26-29H,25H2,1-2H3,(H,44,50)/t29-/m1/s1. The van der Waals surface area contributed by atoms with Crippen molar-refractivity contribution in [3.63, 3.8) is 0 Å². The number of pyridine rings is 1. The van der Waals surface area contributed by atoms with E-state index in [1.165, 1.54) is 0 Å². The number of carbonyl (C=O) groups excluding carboxylic acids is 1. The second-order valence-electron chi connectivity index (χ2n) is 12.8. The average Bonchev–Trinajstić information content (AvgIpc) is 3.75. The van der Waals surface area contributed by atoms with Gasteiger partial charge in [0.25, 0.3) is 5.91 Å². The third-order valence-corrected chi connectivity index (χ3v) is 9.65. The number of aryl methyl sites for hydroxylation is 1. The van der Waals surface area contributed by atoms with Crippen molar-refractivity contribution >= 4 is 28.2 Å². The monoisotopic (exact) mass is 653 g/mol. The topological polar surface area (TPSA) is 81.3 Å². The third-order valence-electron chi connectivity index (χ3n) is 9.65. The number of nitrogens with zero attached hydrogens (tertiary/aromatic N) is 4. The first-order chi connectivity index (χ1) is 24.4. The second-order valence-corrected chi connectivity index (χ2v) is 12.8. The smallest absolute Gasteiger partial charge is 0.266 e. The van der Waals surface area contributed by atoms with E-state index >= 15 is 0 Å². The minimum absolute atomic E-state index is 0.101. The zero-order valence-electron chi connectivity index (χ0n) is 27.8. The maximum atomic E-state index is 13.6. The Bertz CT molecular complexity index is 2340. The molecule has 2 aromatic heterocycles. The van der Waals surface area contributed by atoms with Crippen molar-refractivity contribution in [1.82, 2.24) is 19.7 Å². The van der Waals surface area contributed by atoms with Gasteiger partial charge in [0.1, 0.15) is 16.9 Å². The van der Waals surface area contributed by atoms with Crippen molar-refractivity contribution in [3.05, 3.63) is 190 Å². The zero-order valence-corrected chi connectivity index (χ0v) is 27.8. The predicted octanol–water partition coefficient (Wildman–Crippen LogP) is 7.75. The Morgan fingerprint density at radius 2 is 1.32 bits per heavy atom. The van der Waals surface area contributed by atoms with Gasteiger partial charge in [-0.05, 0) is 52.9 Å². The summed E-state index contributed by atoms with van der Waals surface area (Å²) < 4.78 is 3.69. The first kappa shape index (κ1) is 31.0. The molecule has 0 saturated carbocycles. The molecule has 7 aromatic rings. The first-order valence-corrected chi connectivity index (χ1v) is 16.8. The molecule has 0 radical (unpaired) electrons. The van der Waals surface area contributed by atoms with Crippen molar-refractivity contribution in [2.45, 2.75) is 24.9 Å². The average molecular weight is 654 g/mol. The zero-order chi connectivity index (χ0) is 34.2. The highest BCUT2D eigenvalue weighted by molar-refractivity contribution is 6.41. The fourth-order valence-electron chi connectivity index (χ4n) is 7.15. The number of nitrogens with one attached hydrogen (secondary N) is 1. The highest BCUT2D eigenvalue weighted by Crippen LogP contribution is 2.45. The summed E-state index contributed by atoms with van der Waals surface area (Å²) in [7, 11) is 1.75. The number of carbonyl (C=O) groups is 1. The molecular formula is C43H35N5O2. The van der Waals surface area contributed by atoms with Crippen LogP contribution in [0.5, 0.6) is 0 Å². The lowest BCUT2D eigenvalue weighted by molar-refractivity contribution is -0.115. The van der Waals surface area contributed by atoms with Gasteiger partial charge in [0.2, 0.25) is 5.56 Å². The number of aliphatic imine (C=N–C) groups is 1. The number of benzene rings is 5. The van der Waals surface area contributed by atoms with Crippen molar-refractivity contribution in [2.24, 2.45) is 12.0 Å². The molecule has 5 aromatic carbocycles. The van der Waals surface area contributed by atoms with Crippen LogP contribution < -0.4 is 10.9 Å². The Balaban J connectivity index is 1.36. The fraction of sp³-hybridized carbons (Fsp3) is 0.116. The Labute approximate surface area is 290 Å². The highest BCUT2D eigenvalue weighted by Gasteiger charge is 2.41. The summed E-state index contributed by atoms with van der Waals surface area (Å²) in [5, 5.41) is 9.48. The molecule has 1 aliphatic rings. The summed E-state index contributed by atoms with van der Waals surface area (Å²) >= 11 is 0. The molecular weight excluding hydrogens is 619 g/mol. The SMILES string of the molecule is C[C@@H](NC(=O)C1=Nc2cc3c(-c4ccc(=O)n(C)c4)nn(C(c4ccccc4)(c4ccccc4)c4ccccc4)c3cc2C1)c1ccccc1. The van der Waals surface area contributed by atoms with Crippen molar-refractivity contribution in [1.29, 1.82) is 0 Å². The van der Waals surface area contributed by atoms with E-state index in [4.69, 9.17) is 10.1 Å². The van der Waals surface area contributed by atoms with Crippen LogP contribution in [-0.2, 0) is 23.8 Å². The molecule has 1 aliphatic heterocycles. The minimum Gasteiger partial charge on any atom is -0.344 e. The van der Waals surface area contributed by atoms with Crippen molar-refractivity contribution in [3.8, 4) is 11.3 Å². The van der Waals surface area contributed by atoms with Crippen molar-refractivity contribution in [2.75, 3.05) is 0 Å². The molecule has 7 nitrogen and oxygen atoms in total. The van der Waals surface area contributed by atoms with Gasteiger partial charge in [-0.3, -0.25) is 9.59 Å². The molecule has 50 heavy (non-hydrogen) atoms. The summed E-state index contributed by atoms with van der Waals surface area (Å²) in [6, 6.07) is 48.6. The van der Waals surface area contributed by atoms with Crippen LogP contribution in [0.2, 0.25) is 0 Å². The number of hydrogen-bond acceptors (Lipinski definition) is 4. The molecule has 1 atom stereocenters. The van der Waals surface area contributed by atoms with E-state index in [1.54, 1.807) is 17.7 Å². The number of amides is 1. The number of rotatable bonds is 8. The van der Waals surface area contributed by atoms with Crippen LogP contribution in [0.15, 0.2) is 162 Å². The summed E-state index contributed by atoms with van der Waals surface area (Å²) in [5.74, 6) is -0.186. The van der Waals surface area contributed by atoms with Gasteiger partial charge in [-0.2, -0.15) is 5.10 Å². The van der Waals surface area contributed by atoms with Gasteiger partial charge in [-0.1, -0.05) is 121 Å². The maximum Gasteiger partial charge on any atom is 0.266 e. The molecule has 1 amide bonds. The van der Waals surface area contributed by atoms with Gasteiger partial charge in [0.05, 0.1) is 17.2 Å². The Kier molecular flexibility index (Phi) is 7.80. The van der Waals surface area contributed by atoms with E-state index in [9.17, 15) is 9.59 Å². The number of fused-ring (bicyclic) bond motifs is 2. The minimum atomic E-state index is -0.875. The molecule has 7 heteroatoms. The first-order valence-electron chi connectivity index (χ1n) is 16.8. The van der Waals surface area contributed by atoms with Crippen LogP contribution in [0.3, 0.4) is 0 Å². The van der Waals surface area contributed by atoms with Gasteiger partial charge in [0, 0.05) is 36.7 Å². The van der Waals surface area contributed by atoms with Gasteiger partial charge in [-0.25, -0.2) is 9.67 Å². The molecule has 8 rings (SSSR count). The maximum absolute atomic E-state index is 13.6. The number of aromatic nitrogens is 3. The van der Waals surface area contributed by atoms with Gasteiger partial charge >= 0.3 is 0 Å². The molecule has 3 heterocycles. The van der Waals surface area contributed by atoms with E-state index in [2.05, 4.69) is 88.9 Å². The number of hydrogen-bond donors (Lipinski definition) is 1. The quantitative estimate of drug-likeness (QED) is 0.170. The molecule has 0 bridgehead atoms. The van der Waals surface area contributed by atoms with Gasteiger partial charge < -0.3 is 9.88 Å². The predicted molar refractivity (Wildman–Crippen MR) is 199 cm³/mol. The van der Waals surface area contributed by atoms with E-state index in [0.717, 1.165) is 55.7 Å². The molecule has 0 spiro atoms. The van der Waals surface area contributed by atoms with E-state index in [1.807, 2.05) is 73.8 Å². The van der Waals surface area contributed by atoms with Crippen LogP contribution in [0.25, 0.3) is 22.2 Å². The molecule has 244 valence electrons. The van der Waals surface area contributed by atoms with Crippen molar-refractivity contribution < 1.29 is 4.79 Å². The molecule has 0 fully saturated rings. The van der Waals surface area contributed by atoms with E-state index in [-0.39, 0.29) is 17.5 Å². The molecule has 0 saturated heterocycles. The lowest BCUT2D eigenvalue weighted by atomic mass is 9.77. The summed E-state index contributed by atoms with van der Waals surface area (Å²) in [4.78, 5) is 30.9. The Morgan fingerprint density at radius 1 is 0.760 bits per heavy atom. The van der Waals surface area contributed by atoms with Crippen LogP contribution in [0.4, 0.5) is 5.69 Å². The fourth-order valence-corrected chi connectivity index (χ4v) is 7.15. The van der Waals surface area contributed by atoms with Crippen LogP contribution in [0, 0.1) is 0 Å². The summed E-state index contributed by atoms with van der Waals surface area (Å²) in [6.07, 6.45) is 2.22. The largest absolute Gasteiger partial charge is 0.344 e. The van der Waals surface area contributed by atoms with Gasteiger partial charge in [-0.15, -0.1) is 0 Å². The molecule has 0 unspecified atom stereocenters. The summed E-state index contributed by atoms with van der Waals surface area (Å²) in [6.45, 7) is 1.98. The molecule has 0 aliphatic carbocycles. The lowest BCUT2D eigenvalue weighted by Crippen LogP contribution is -2.38. The summed E-state index contributed by atoms with van der Waals surface area (Å²) in [5.41, 5.74) is 7.75. The van der Waals surface area contributed by atoms with Crippen LogP contribution in [-0.4, -0.2) is 26.0 Å². The van der Waals surface area contributed by atoms with E-state index in [0.29, 0.717) is 12.1 Å². The van der Waals surface area contributed by atoms with Crippen LogP contribution in [0.1, 0.15) is 40.8 Å². The van der Waals surface area contributed by atoms with Gasteiger partial charge in [0.15, 0.2) is 0 Å². The Hall–Kier alpha value is -6.34.